The van der Waals surface area contributed by atoms with Crippen LogP contribution in [-0.2, 0) is 9.53 Å². The van der Waals surface area contributed by atoms with Crippen LogP contribution < -0.4 is 0 Å². The van der Waals surface area contributed by atoms with Crippen LogP contribution in [0.5, 0.6) is 0 Å². The lowest BCUT2D eigenvalue weighted by Gasteiger charge is -2.20. The average molecular weight is 317 g/mol. The number of likely N-dealkylation sites (N-methyl/N-ethyl adjacent to an activating group) is 1. The van der Waals surface area contributed by atoms with Gasteiger partial charge >= 0.3 is 5.97 Å². The lowest BCUT2D eigenvalue weighted by atomic mass is 10.1. The molecule has 0 unspecified atom stereocenters. The van der Waals surface area contributed by atoms with Gasteiger partial charge in [-0.05, 0) is 58.0 Å². The van der Waals surface area contributed by atoms with Gasteiger partial charge in [0, 0.05) is 5.56 Å². The van der Waals surface area contributed by atoms with Crippen molar-refractivity contribution in [2.24, 2.45) is 0 Å². The molecule has 1 atom stereocenters. The second-order valence-electron chi connectivity index (χ2n) is 5.64. The highest BCUT2D eigenvalue weighted by atomic mass is 16.5. The zero-order valence-electron chi connectivity index (χ0n) is 14.3. The third-order valence-electron chi connectivity index (χ3n) is 3.90. The molecule has 0 aliphatic carbocycles. The van der Waals surface area contributed by atoms with Crippen LogP contribution in [0.2, 0.25) is 0 Å². The first kappa shape index (κ1) is 17.1. The Labute approximate surface area is 136 Å². The summed E-state index contributed by atoms with van der Waals surface area (Å²) in [5.41, 5.74) is 3.29. The van der Waals surface area contributed by atoms with Gasteiger partial charge in [-0.3, -0.25) is 9.69 Å². The molecule has 6 heteroatoms. The smallest absolute Gasteiger partial charge is 0.320 e. The minimum atomic E-state index is -0.268. The number of aromatic nitrogens is 2. The summed E-state index contributed by atoms with van der Waals surface area (Å²) in [5, 5.41) is 8.23. The lowest BCUT2D eigenvalue weighted by molar-refractivity contribution is -0.144. The summed E-state index contributed by atoms with van der Waals surface area (Å²) in [6.45, 7) is 8.36. The van der Waals surface area contributed by atoms with Gasteiger partial charge in [-0.1, -0.05) is 6.07 Å². The normalized spacial score (nSPS) is 12.4. The molecule has 0 N–H and O–H groups in total. The van der Waals surface area contributed by atoms with E-state index in [9.17, 15) is 4.79 Å². The Morgan fingerprint density at radius 3 is 2.70 bits per heavy atom. The van der Waals surface area contributed by atoms with Crippen molar-refractivity contribution >= 4 is 5.97 Å². The zero-order chi connectivity index (χ0) is 17.0. The second kappa shape index (κ2) is 7.37. The molecule has 1 aromatic carbocycles. The predicted octanol–water partition coefficient (Wildman–Crippen LogP) is 2.91. The van der Waals surface area contributed by atoms with E-state index >= 15 is 0 Å². The molecule has 0 amide bonds. The van der Waals surface area contributed by atoms with Crippen LogP contribution in [-0.4, -0.2) is 41.3 Å². The minimum absolute atomic E-state index is 0.174. The molecule has 23 heavy (non-hydrogen) atoms. The maximum Gasteiger partial charge on any atom is 0.320 e. The number of ether oxygens (including phenoxy) is 1. The second-order valence-corrected chi connectivity index (χ2v) is 5.64. The van der Waals surface area contributed by atoms with E-state index in [0.29, 0.717) is 18.4 Å². The third kappa shape index (κ3) is 4.16. The van der Waals surface area contributed by atoms with E-state index < -0.39 is 0 Å². The fourth-order valence-electron chi connectivity index (χ4n) is 2.13. The molecule has 6 nitrogen and oxygen atoms in total. The number of nitrogens with zero attached hydrogens (tertiary/aromatic N) is 3. The van der Waals surface area contributed by atoms with Crippen molar-refractivity contribution in [3.8, 4) is 11.5 Å². The quantitative estimate of drug-likeness (QED) is 0.763. The zero-order valence-corrected chi connectivity index (χ0v) is 14.3. The summed E-state index contributed by atoms with van der Waals surface area (Å²) in [7, 11) is 1.82. The van der Waals surface area contributed by atoms with Crippen LogP contribution in [0.3, 0.4) is 0 Å². The maximum atomic E-state index is 11.6. The topological polar surface area (TPSA) is 68.5 Å². The Morgan fingerprint density at radius 1 is 1.30 bits per heavy atom. The highest BCUT2D eigenvalue weighted by Gasteiger charge is 2.21. The first-order valence-corrected chi connectivity index (χ1v) is 7.69. The Morgan fingerprint density at radius 2 is 2.04 bits per heavy atom. The molecule has 1 heterocycles. The summed E-state index contributed by atoms with van der Waals surface area (Å²) >= 11 is 0. The van der Waals surface area contributed by atoms with Crippen molar-refractivity contribution in [1.82, 2.24) is 15.1 Å². The lowest BCUT2D eigenvalue weighted by Crippen LogP contribution is -2.30. The Balaban J connectivity index is 2.11. The van der Waals surface area contributed by atoms with Gasteiger partial charge < -0.3 is 9.15 Å². The number of carbonyl (C=O) groups is 1. The van der Waals surface area contributed by atoms with E-state index in [4.69, 9.17) is 9.15 Å². The Kier molecular flexibility index (Phi) is 5.50. The van der Waals surface area contributed by atoms with Crippen LogP contribution in [0.25, 0.3) is 11.5 Å². The van der Waals surface area contributed by atoms with E-state index in [1.54, 1.807) is 6.92 Å². The van der Waals surface area contributed by atoms with Crippen LogP contribution in [0, 0.1) is 13.8 Å². The van der Waals surface area contributed by atoms with Crippen molar-refractivity contribution < 1.29 is 13.9 Å². The molecule has 0 aliphatic rings. The fourth-order valence-corrected chi connectivity index (χ4v) is 2.13. The summed E-state index contributed by atoms with van der Waals surface area (Å²) in [6.07, 6.45) is 0. The summed E-state index contributed by atoms with van der Waals surface area (Å²) in [4.78, 5) is 13.4. The molecular weight excluding hydrogens is 294 g/mol. The van der Waals surface area contributed by atoms with Crippen molar-refractivity contribution in [2.45, 2.75) is 33.7 Å². The van der Waals surface area contributed by atoms with Gasteiger partial charge in [-0.2, -0.15) is 0 Å². The number of hydrogen-bond donors (Lipinski definition) is 0. The number of benzene rings is 1. The molecule has 2 rings (SSSR count). The van der Waals surface area contributed by atoms with E-state index in [1.807, 2.05) is 44.0 Å². The molecule has 2 aromatic rings. The van der Waals surface area contributed by atoms with E-state index in [0.717, 1.165) is 5.56 Å². The van der Waals surface area contributed by atoms with Gasteiger partial charge in [-0.25, -0.2) is 0 Å². The molecule has 124 valence electrons. The predicted molar refractivity (Wildman–Crippen MR) is 86.9 cm³/mol. The van der Waals surface area contributed by atoms with Crippen molar-refractivity contribution in [2.75, 3.05) is 20.2 Å². The van der Waals surface area contributed by atoms with Crippen LogP contribution in [0.1, 0.15) is 36.9 Å². The molecular formula is C17H23N3O3. The highest BCUT2D eigenvalue weighted by molar-refractivity contribution is 5.71. The van der Waals surface area contributed by atoms with Gasteiger partial charge in [0.05, 0.1) is 19.2 Å². The van der Waals surface area contributed by atoms with Gasteiger partial charge in [0.15, 0.2) is 0 Å². The molecule has 0 saturated heterocycles. The van der Waals surface area contributed by atoms with E-state index in [2.05, 4.69) is 17.1 Å². The summed E-state index contributed by atoms with van der Waals surface area (Å²) < 4.78 is 10.7. The molecule has 0 spiro atoms. The SMILES string of the molecule is CCOC(=O)CN(C)[C@H](C)c1nnc(-c2ccc(C)c(C)c2)o1. The number of esters is 1. The number of aryl methyl sites for hydroxylation is 2. The highest BCUT2D eigenvalue weighted by Crippen LogP contribution is 2.24. The van der Waals surface area contributed by atoms with Gasteiger partial charge in [0.2, 0.25) is 11.8 Å². The third-order valence-corrected chi connectivity index (χ3v) is 3.90. The Bertz CT molecular complexity index is 681. The first-order valence-electron chi connectivity index (χ1n) is 7.69. The maximum absolute atomic E-state index is 11.6. The minimum Gasteiger partial charge on any atom is -0.465 e. The first-order chi connectivity index (χ1) is 10.9. The molecule has 0 saturated carbocycles. The van der Waals surface area contributed by atoms with Crippen LogP contribution in [0.15, 0.2) is 22.6 Å². The molecule has 0 radical (unpaired) electrons. The van der Waals surface area contributed by atoms with Crippen molar-refractivity contribution in [3.63, 3.8) is 0 Å². The standard InChI is InChI=1S/C17H23N3O3/c1-6-22-15(21)10-20(5)13(4)16-18-19-17(23-16)14-8-7-11(2)12(3)9-14/h7-9,13H,6,10H2,1-5H3/t13-/m1/s1. The van der Waals surface area contributed by atoms with Gasteiger partial charge in [0.1, 0.15) is 0 Å². The Hall–Kier alpha value is -2.21. The van der Waals surface area contributed by atoms with E-state index in [-0.39, 0.29) is 18.6 Å². The van der Waals surface area contributed by atoms with Gasteiger partial charge in [0.25, 0.3) is 0 Å². The largest absolute Gasteiger partial charge is 0.465 e. The molecule has 1 aromatic heterocycles. The average Bonchev–Trinajstić information content (AvgIpc) is 2.99. The van der Waals surface area contributed by atoms with Crippen LogP contribution >= 0.6 is 0 Å². The molecule has 0 fully saturated rings. The molecule has 0 bridgehead atoms. The van der Waals surface area contributed by atoms with Crippen LogP contribution in [0.4, 0.5) is 0 Å². The number of rotatable bonds is 6. The summed E-state index contributed by atoms with van der Waals surface area (Å²) in [5.74, 6) is 0.695. The van der Waals surface area contributed by atoms with Crippen molar-refractivity contribution in [3.05, 3.63) is 35.2 Å². The van der Waals surface area contributed by atoms with Gasteiger partial charge in [-0.15, -0.1) is 10.2 Å². The monoisotopic (exact) mass is 317 g/mol. The number of carbonyl (C=O) groups excluding carboxylic acids is 1. The molecule has 0 aliphatic heterocycles. The van der Waals surface area contributed by atoms with Crippen molar-refractivity contribution in [1.29, 1.82) is 0 Å². The summed E-state index contributed by atoms with van der Waals surface area (Å²) in [6, 6.07) is 5.85. The fraction of sp³-hybridized carbons (Fsp3) is 0.471. The van der Waals surface area contributed by atoms with E-state index in [1.165, 1.54) is 11.1 Å². The number of hydrogen-bond acceptors (Lipinski definition) is 6.